The van der Waals surface area contributed by atoms with E-state index in [9.17, 15) is 10.2 Å². The Morgan fingerprint density at radius 1 is 1.30 bits per heavy atom. The van der Waals surface area contributed by atoms with Gasteiger partial charge in [-0.1, -0.05) is 32.3 Å². The number of rotatable bonds is 6. The Bertz CT molecular complexity index is 448. The molecule has 2 atom stereocenters. The highest BCUT2D eigenvalue weighted by Crippen LogP contribution is 2.40. The van der Waals surface area contributed by atoms with Crippen molar-refractivity contribution in [2.24, 2.45) is 0 Å². The number of fused-ring (bicyclic) bond motifs is 1. The number of phenolic OH excluding ortho intramolecular Hbond substituents is 2. The molecule has 3 N–H and O–H groups in total. The molecule has 0 bridgehead atoms. The summed E-state index contributed by atoms with van der Waals surface area (Å²) >= 11 is 0. The van der Waals surface area contributed by atoms with Crippen LogP contribution in [0.25, 0.3) is 0 Å². The van der Waals surface area contributed by atoms with Crippen LogP contribution in [0.3, 0.4) is 0 Å². The summed E-state index contributed by atoms with van der Waals surface area (Å²) in [5.41, 5.74) is 1.83. The molecule has 1 aromatic carbocycles. The monoisotopic (exact) mass is 279 g/mol. The molecule has 0 saturated carbocycles. The van der Waals surface area contributed by atoms with Crippen LogP contribution in [0.2, 0.25) is 0 Å². The zero-order valence-corrected chi connectivity index (χ0v) is 12.4. The van der Waals surface area contributed by atoms with Gasteiger partial charge in [-0.25, -0.2) is 0 Å². The summed E-state index contributed by atoms with van der Waals surface area (Å²) in [5.74, 6) is -0.0199. The van der Waals surface area contributed by atoms with Gasteiger partial charge in [0.05, 0.1) is 12.2 Å². The van der Waals surface area contributed by atoms with E-state index in [4.69, 9.17) is 4.74 Å². The Morgan fingerprint density at radius 2 is 2.10 bits per heavy atom. The highest BCUT2D eigenvalue weighted by Gasteiger charge is 2.29. The average Bonchev–Trinajstić information content (AvgIpc) is 2.44. The van der Waals surface area contributed by atoms with Gasteiger partial charge >= 0.3 is 0 Å². The van der Waals surface area contributed by atoms with Crippen molar-refractivity contribution >= 4 is 0 Å². The molecule has 0 amide bonds. The van der Waals surface area contributed by atoms with Crippen LogP contribution < -0.4 is 5.32 Å². The summed E-state index contributed by atoms with van der Waals surface area (Å²) in [7, 11) is 1.89. The molecule has 20 heavy (non-hydrogen) atoms. The van der Waals surface area contributed by atoms with Crippen LogP contribution in [0.15, 0.2) is 12.1 Å². The minimum Gasteiger partial charge on any atom is -0.504 e. The standard InChI is InChI=1S/C16H25NO3/c1-3-4-5-6-11-9-13-12(15(20-11)10-17-2)7-8-14(18)16(13)19/h7-8,11,15,17-19H,3-6,9-10H2,1-2H3. The number of nitrogens with one attached hydrogen (secondary N) is 1. The first-order valence-electron chi connectivity index (χ1n) is 7.51. The van der Waals surface area contributed by atoms with Gasteiger partial charge in [0, 0.05) is 18.5 Å². The number of likely N-dealkylation sites (N-methyl/N-ethyl adjacent to an activating group) is 1. The van der Waals surface area contributed by atoms with Gasteiger partial charge in [-0.3, -0.25) is 0 Å². The molecule has 112 valence electrons. The van der Waals surface area contributed by atoms with Gasteiger partial charge in [0.25, 0.3) is 0 Å². The van der Waals surface area contributed by atoms with Gasteiger partial charge in [-0.2, -0.15) is 0 Å². The maximum Gasteiger partial charge on any atom is 0.161 e. The molecular weight excluding hydrogens is 254 g/mol. The van der Waals surface area contributed by atoms with Crippen molar-refractivity contribution in [3.63, 3.8) is 0 Å². The molecule has 0 aliphatic carbocycles. The fourth-order valence-corrected chi connectivity index (χ4v) is 2.87. The van der Waals surface area contributed by atoms with Crippen LogP contribution in [0.1, 0.15) is 49.8 Å². The van der Waals surface area contributed by atoms with Crippen LogP contribution in [0.5, 0.6) is 11.5 Å². The largest absolute Gasteiger partial charge is 0.504 e. The van der Waals surface area contributed by atoms with E-state index >= 15 is 0 Å². The summed E-state index contributed by atoms with van der Waals surface area (Å²) in [4.78, 5) is 0. The lowest BCUT2D eigenvalue weighted by Crippen LogP contribution is -2.31. The molecular formula is C16H25NO3. The molecule has 4 heteroatoms. The highest BCUT2D eigenvalue weighted by atomic mass is 16.5. The Kier molecular flexibility index (Phi) is 5.26. The Balaban J connectivity index is 2.19. The summed E-state index contributed by atoms with van der Waals surface area (Å²) in [5, 5.41) is 22.9. The van der Waals surface area contributed by atoms with Crippen molar-refractivity contribution in [1.29, 1.82) is 0 Å². The lowest BCUT2D eigenvalue weighted by molar-refractivity contribution is -0.0295. The van der Waals surface area contributed by atoms with E-state index in [2.05, 4.69) is 12.2 Å². The molecule has 1 aromatic rings. The molecule has 0 spiro atoms. The highest BCUT2D eigenvalue weighted by molar-refractivity contribution is 5.50. The quantitative estimate of drug-likeness (QED) is 0.553. The van der Waals surface area contributed by atoms with E-state index < -0.39 is 0 Å². The molecule has 1 aliphatic rings. The predicted octanol–water partition coefficient (Wildman–Crippen LogP) is 2.88. The molecule has 2 rings (SSSR count). The molecule has 4 nitrogen and oxygen atoms in total. The summed E-state index contributed by atoms with van der Waals surface area (Å²) in [6, 6.07) is 3.40. The van der Waals surface area contributed by atoms with Crippen molar-refractivity contribution in [2.75, 3.05) is 13.6 Å². The second kappa shape index (κ2) is 6.95. The van der Waals surface area contributed by atoms with Gasteiger partial charge in [-0.15, -0.1) is 0 Å². The van der Waals surface area contributed by atoms with E-state index in [1.54, 1.807) is 0 Å². The van der Waals surface area contributed by atoms with Crippen LogP contribution in [0, 0.1) is 0 Å². The van der Waals surface area contributed by atoms with Crippen molar-refractivity contribution in [1.82, 2.24) is 5.32 Å². The van der Waals surface area contributed by atoms with Gasteiger partial charge in [0.2, 0.25) is 0 Å². The van der Waals surface area contributed by atoms with Gasteiger partial charge in [0.1, 0.15) is 0 Å². The minimum atomic E-state index is -0.0538. The molecule has 0 fully saturated rings. The first kappa shape index (κ1) is 15.1. The fourth-order valence-electron chi connectivity index (χ4n) is 2.87. The van der Waals surface area contributed by atoms with E-state index in [0.29, 0.717) is 13.0 Å². The third-order valence-corrected chi connectivity index (χ3v) is 3.95. The first-order chi connectivity index (χ1) is 9.67. The van der Waals surface area contributed by atoms with Crippen molar-refractivity contribution in [2.45, 2.75) is 51.2 Å². The van der Waals surface area contributed by atoms with E-state index in [0.717, 1.165) is 24.0 Å². The molecule has 0 aromatic heterocycles. The van der Waals surface area contributed by atoms with E-state index in [1.165, 1.54) is 18.9 Å². The van der Waals surface area contributed by atoms with Gasteiger partial charge < -0.3 is 20.3 Å². The Morgan fingerprint density at radius 3 is 2.80 bits per heavy atom. The smallest absolute Gasteiger partial charge is 0.161 e. The predicted molar refractivity (Wildman–Crippen MR) is 79.2 cm³/mol. The normalized spacial score (nSPS) is 21.7. The molecule has 1 heterocycles. The van der Waals surface area contributed by atoms with Gasteiger partial charge in [0.15, 0.2) is 11.5 Å². The fraction of sp³-hybridized carbons (Fsp3) is 0.625. The van der Waals surface area contributed by atoms with Crippen LogP contribution in [-0.4, -0.2) is 29.9 Å². The summed E-state index contributed by atoms with van der Waals surface area (Å²) in [6.07, 6.45) is 5.29. The maximum atomic E-state index is 10.1. The second-order valence-corrected chi connectivity index (χ2v) is 5.51. The number of phenols is 2. The minimum absolute atomic E-state index is 0.0207. The zero-order chi connectivity index (χ0) is 14.5. The third-order valence-electron chi connectivity index (χ3n) is 3.95. The number of unbranched alkanes of at least 4 members (excludes halogenated alkanes) is 2. The van der Waals surface area contributed by atoms with E-state index in [1.807, 2.05) is 13.1 Å². The SMILES string of the molecule is CCCCCC1Cc2c(ccc(O)c2O)C(CNC)O1. The summed E-state index contributed by atoms with van der Waals surface area (Å²) in [6.45, 7) is 2.90. The Labute approximate surface area is 120 Å². The molecule has 0 radical (unpaired) electrons. The molecule has 1 aliphatic heterocycles. The van der Waals surface area contributed by atoms with Crippen LogP contribution >= 0.6 is 0 Å². The van der Waals surface area contributed by atoms with Gasteiger partial charge in [-0.05, 0) is 25.1 Å². The number of aromatic hydroxyl groups is 2. The third kappa shape index (κ3) is 3.25. The Hall–Kier alpha value is -1.26. The second-order valence-electron chi connectivity index (χ2n) is 5.51. The number of hydrogen-bond acceptors (Lipinski definition) is 4. The van der Waals surface area contributed by atoms with Crippen molar-refractivity contribution in [3.8, 4) is 11.5 Å². The van der Waals surface area contributed by atoms with Crippen LogP contribution in [0.4, 0.5) is 0 Å². The number of ether oxygens (including phenoxy) is 1. The molecule has 2 unspecified atom stereocenters. The number of benzene rings is 1. The topological polar surface area (TPSA) is 61.7 Å². The molecule has 0 saturated heterocycles. The lowest BCUT2D eigenvalue weighted by atomic mass is 9.91. The number of hydrogen-bond donors (Lipinski definition) is 3. The zero-order valence-electron chi connectivity index (χ0n) is 12.4. The van der Waals surface area contributed by atoms with Crippen molar-refractivity contribution < 1.29 is 14.9 Å². The maximum absolute atomic E-state index is 10.1. The first-order valence-corrected chi connectivity index (χ1v) is 7.51. The van der Waals surface area contributed by atoms with Crippen molar-refractivity contribution in [3.05, 3.63) is 23.3 Å². The van der Waals surface area contributed by atoms with E-state index in [-0.39, 0.29) is 23.7 Å². The average molecular weight is 279 g/mol. The lowest BCUT2D eigenvalue weighted by Gasteiger charge is -2.33. The summed E-state index contributed by atoms with van der Waals surface area (Å²) < 4.78 is 6.14. The van der Waals surface area contributed by atoms with Crippen LogP contribution in [-0.2, 0) is 11.2 Å².